The van der Waals surface area contributed by atoms with E-state index in [-0.39, 0.29) is 16.9 Å². The van der Waals surface area contributed by atoms with Crippen LogP contribution in [0.5, 0.6) is 11.5 Å². The van der Waals surface area contributed by atoms with Crippen LogP contribution >= 0.6 is 11.6 Å². The minimum Gasteiger partial charge on any atom is -0.489 e. The Labute approximate surface area is 203 Å². The molecule has 0 aliphatic carbocycles. The number of hydrogen-bond donors (Lipinski definition) is 2. The smallest absolute Gasteiger partial charge is 0.341 e. The number of fused-ring (bicyclic) bond motifs is 1. The first-order valence-electron chi connectivity index (χ1n) is 10.8. The standard InChI is InChI=1S/C24H28ClNO7S/c1-15-11-19(6-8-21(15)31-14-23(27)28)32-16(2)13-26-9-4-10-34(29,30)24-17(3)20-12-18(25)5-7-22(20)33-24/h5-8,11-12,16,26H,4,9-10,13-14H2,1-3H3,(H,27,28). The van der Waals surface area contributed by atoms with Crippen LogP contribution < -0.4 is 14.8 Å². The Morgan fingerprint density at radius 3 is 2.68 bits per heavy atom. The fourth-order valence-electron chi connectivity index (χ4n) is 3.52. The fourth-order valence-corrected chi connectivity index (χ4v) is 5.20. The highest BCUT2D eigenvalue weighted by atomic mass is 35.5. The Morgan fingerprint density at radius 1 is 1.21 bits per heavy atom. The molecule has 0 fully saturated rings. The van der Waals surface area contributed by atoms with Crippen molar-refractivity contribution in [1.82, 2.24) is 5.32 Å². The van der Waals surface area contributed by atoms with Crippen molar-refractivity contribution in [2.45, 2.75) is 38.4 Å². The van der Waals surface area contributed by atoms with Crippen molar-refractivity contribution in [2.24, 2.45) is 0 Å². The highest BCUT2D eigenvalue weighted by Crippen LogP contribution is 2.31. The minimum atomic E-state index is -3.56. The molecule has 0 aliphatic heterocycles. The highest BCUT2D eigenvalue weighted by molar-refractivity contribution is 7.91. The Bertz CT molecular complexity index is 1270. The average Bonchev–Trinajstić information content (AvgIpc) is 3.09. The van der Waals surface area contributed by atoms with Crippen LogP contribution in [0.2, 0.25) is 5.02 Å². The number of ether oxygens (including phenoxy) is 2. The second-order valence-corrected chi connectivity index (χ2v) is 10.5. The third kappa shape index (κ3) is 6.65. The van der Waals surface area contributed by atoms with Gasteiger partial charge in [-0.1, -0.05) is 11.6 Å². The van der Waals surface area contributed by atoms with Gasteiger partial charge in [0, 0.05) is 22.5 Å². The average molecular weight is 510 g/mol. The van der Waals surface area contributed by atoms with E-state index >= 15 is 0 Å². The van der Waals surface area contributed by atoms with E-state index in [4.69, 9.17) is 30.6 Å². The molecule has 3 aromatic rings. The van der Waals surface area contributed by atoms with E-state index in [9.17, 15) is 13.2 Å². The van der Waals surface area contributed by atoms with E-state index in [0.717, 1.165) is 5.56 Å². The molecular formula is C24H28ClNO7S. The summed E-state index contributed by atoms with van der Waals surface area (Å²) in [5.74, 6) is 0.0487. The quantitative estimate of drug-likeness (QED) is 0.345. The highest BCUT2D eigenvalue weighted by Gasteiger charge is 2.23. The third-order valence-corrected chi connectivity index (χ3v) is 7.19. The largest absolute Gasteiger partial charge is 0.489 e. The lowest BCUT2D eigenvalue weighted by atomic mass is 10.2. The van der Waals surface area contributed by atoms with Gasteiger partial charge in [-0.2, -0.15) is 0 Å². The Hall–Kier alpha value is -2.75. The lowest BCUT2D eigenvalue weighted by Gasteiger charge is -2.17. The van der Waals surface area contributed by atoms with E-state index in [2.05, 4.69) is 5.32 Å². The van der Waals surface area contributed by atoms with Crippen LogP contribution in [0.4, 0.5) is 0 Å². The van der Waals surface area contributed by atoms with Crippen LogP contribution in [0.1, 0.15) is 24.5 Å². The van der Waals surface area contributed by atoms with E-state index < -0.39 is 22.4 Å². The van der Waals surface area contributed by atoms with E-state index in [1.54, 1.807) is 43.3 Å². The summed E-state index contributed by atoms with van der Waals surface area (Å²) in [7, 11) is -3.56. The summed E-state index contributed by atoms with van der Waals surface area (Å²) in [6.45, 7) is 6.06. The molecule has 1 heterocycles. The van der Waals surface area contributed by atoms with Gasteiger partial charge in [0.15, 0.2) is 6.61 Å². The molecule has 1 atom stereocenters. The Morgan fingerprint density at radius 2 is 1.97 bits per heavy atom. The van der Waals surface area contributed by atoms with Gasteiger partial charge in [-0.05, 0) is 75.7 Å². The molecular weight excluding hydrogens is 482 g/mol. The van der Waals surface area contributed by atoms with Crippen molar-refractivity contribution < 1.29 is 32.2 Å². The number of carboxylic acid groups (broad SMARTS) is 1. The van der Waals surface area contributed by atoms with E-state index in [1.165, 1.54) is 0 Å². The molecule has 1 aromatic heterocycles. The topological polar surface area (TPSA) is 115 Å². The maximum absolute atomic E-state index is 12.8. The maximum atomic E-state index is 12.8. The SMILES string of the molecule is Cc1cc(OC(C)CNCCCS(=O)(=O)c2oc3ccc(Cl)cc3c2C)ccc1OCC(=O)O. The molecule has 0 bridgehead atoms. The number of rotatable bonds is 12. The molecule has 0 aliphatic rings. The molecule has 1 unspecified atom stereocenters. The Kier molecular flexibility index (Phi) is 8.46. The van der Waals surface area contributed by atoms with Gasteiger partial charge >= 0.3 is 5.97 Å². The second-order valence-electron chi connectivity index (χ2n) is 8.07. The number of carboxylic acids is 1. The normalized spacial score (nSPS) is 12.6. The van der Waals surface area contributed by atoms with Crippen molar-refractivity contribution in [3.05, 3.63) is 52.5 Å². The van der Waals surface area contributed by atoms with Crippen LogP contribution in [0.3, 0.4) is 0 Å². The van der Waals surface area contributed by atoms with Crippen molar-refractivity contribution in [1.29, 1.82) is 0 Å². The van der Waals surface area contributed by atoms with Gasteiger partial charge in [0.25, 0.3) is 0 Å². The van der Waals surface area contributed by atoms with Gasteiger partial charge in [-0.15, -0.1) is 0 Å². The molecule has 8 nitrogen and oxygen atoms in total. The van der Waals surface area contributed by atoms with Gasteiger partial charge in [-0.25, -0.2) is 13.2 Å². The molecule has 0 radical (unpaired) electrons. The predicted molar refractivity (Wildman–Crippen MR) is 130 cm³/mol. The van der Waals surface area contributed by atoms with Crippen LogP contribution in [-0.4, -0.2) is 51.0 Å². The number of nitrogens with one attached hydrogen (secondary N) is 1. The molecule has 184 valence electrons. The van der Waals surface area contributed by atoms with Crippen molar-refractivity contribution in [3.63, 3.8) is 0 Å². The number of carbonyl (C=O) groups is 1. The summed E-state index contributed by atoms with van der Waals surface area (Å²) in [5, 5.41) is 13.1. The molecule has 2 aromatic carbocycles. The predicted octanol–water partition coefficient (Wildman–Crippen LogP) is 4.39. The molecule has 2 N–H and O–H groups in total. The van der Waals surface area contributed by atoms with Crippen LogP contribution in [0.15, 0.2) is 45.9 Å². The lowest BCUT2D eigenvalue weighted by Crippen LogP contribution is -2.30. The number of hydrogen-bond acceptors (Lipinski definition) is 7. The first kappa shape index (κ1) is 25.9. The zero-order chi connectivity index (χ0) is 24.9. The summed E-state index contributed by atoms with van der Waals surface area (Å²) in [6, 6.07) is 10.2. The van der Waals surface area contributed by atoms with Crippen LogP contribution in [-0.2, 0) is 14.6 Å². The molecule has 0 saturated heterocycles. The Balaban J connectivity index is 1.45. The molecule has 0 amide bonds. The van der Waals surface area contributed by atoms with Gasteiger partial charge in [0.2, 0.25) is 14.9 Å². The minimum absolute atomic E-state index is 0.00683. The number of benzene rings is 2. The number of halogens is 1. The number of sulfone groups is 1. The third-order valence-electron chi connectivity index (χ3n) is 5.17. The maximum Gasteiger partial charge on any atom is 0.341 e. The zero-order valence-corrected chi connectivity index (χ0v) is 20.8. The summed E-state index contributed by atoms with van der Waals surface area (Å²) in [5.41, 5.74) is 1.84. The van der Waals surface area contributed by atoms with E-state index in [1.807, 2.05) is 13.8 Å². The van der Waals surface area contributed by atoms with Crippen molar-refractivity contribution in [2.75, 3.05) is 25.4 Å². The summed E-state index contributed by atoms with van der Waals surface area (Å²) in [4.78, 5) is 10.6. The van der Waals surface area contributed by atoms with Gasteiger partial charge in [-0.3, -0.25) is 0 Å². The number of furan rings is 1. The zero-order valence-electron chi connectivity index (χ0n) is 19.3. The van der Waals surface area contributed by atoms with E-state index in [0.29, 0.717) is 52.6 Å². The van der Waals surface area contributed by atoms with Crippen LogP contribution in [0.25, 0.3) is 11.0 Å². The van der Waals surface area contributed by atoms with Crippen LogP contribution in [0, 0.1) is 13.8 Å². The summed E-state index contributed by atoms with van der Waals surface area (Å²) in [6.07, 6.45) is 0.255. The molecule has 10 heteroatoms. The molecule has 0 saturated carbocycles. The van der Waals surface area contributed by atoms with Gasteiger partial charge < -0.3 is 24.3 Å². The first-order valence-corrected chi connectivity index (χ1v) is 12.8. The lowest BCUT2D eigenvalue weighted by molar-refractivity contribution is -0.139. The van der Waals surface area contributed by atoms with Gasteiger partial charge in [0.1, 0.15) is 23.2 Å². The molecule has 3 rings (SSSR count). The summed E-state index contributed by atoms with van der Waals surface area (Å²) >= 11 is 6.01. The first-order chi connectivity index (χ1) is 16.1. The second kappa shape index (κ2) is 11.1. The fraction of sp³-hybridized carbons (Fsp3) is 0.375. The number of aryl methyl sites for hydroxylation is 2. The summed E-state index contributed by atoms with van der Waals surface area (Å²) < 4.78 is 42.2. The van der Waals surface area contributed by atoms with Crippen molar-refractivity contribution >= 4 is 38.4 Å². The molecule has 0 spiro atoms. The van der Waals surface area contributed by atoms with Gasteiger partial charge in [0.05, 0.1) is 5.75 Å². The van der Waals surface area contributed by atoms with Crippen molar-refractivity contribution in [3.8, 4) is 11.5 Å². The monoisotopic (exact) mass is 509 g/mol. The number of aliphatic carboxylic acids is 1. The molecule has 34 heavy (non-hydrogen) atoms.